The summed E-state index contributed by atoms with van der Waals surface area (Å²) in [7, 11) is -3.06. The van der Waals surface area contributed by atoms with E-state index in [0.717, 1.165) is 0 Å². The van der Waals surface area contributed by atoms with Crippen molar-refractivity contribution in [2.75, 3.05) is 11.5 Å². The summed E-state index contributed by atoms with van der Waals surface area (Å²) in [6, 6.07) is 1.77. The van der Waals surface area contributed by atoms with Gasteiger partial charge >= 0.3 is 6.03 Å². The highest BCUT2D eigenvalue weighted by Gasteiger charge is 2.29. The first-order valence-corrected chi connectivity index (χ1v) is 7.14. The fraction of sp³-hybridized carbons (Fsp3) is 0.400. The molecule has 1 atom stereocenters. The van der Waals surface area contributed by atoms with Crippen molar-refractivity contribution in [3.05, 3.63) is 24.2 Å². The molecule has 0 radical (unpaired) electrons. The third-order valence-corrected chi connectivity index (χ3v) is 4.31. The van der Waals surface area contributed by atoms with Crippen LogP contribution in [0.4, 0.5) is 4.79 Å². The summed E-state index contributed by atoms with van der Waals surface area (Å²) >= 11 is 0. The Kier molecular flexibility index (Phi) is 3.37. The maximum absolute atomic E-state index is 11.4. The molecule has 1 saturated heterocycles. The van der Waals surface area contributed by atoms with Crippen molar-refractivity contribution in [3.8, 4) is 0 Å². The molecule has 0 aromatic carbocycles. The topological polar surface area (TPSA) is 105 Å². The van der Waals surface area contributed by atoms with Gasteiger partial charge in [0.15, 0.2) is 15.6 Å². The van der Waals surface area contributed by atoms with E-state index in [1.54, 1.807) is 0 Å². The molecule has 2 N–H and O–H groups in total. The van der Waals surface area contributed by atoms with Crippen LogP contribution in [-0.2, 0) is 9.84 Å². The molecular weight excluding hydrogens is 260 g/mol. The van der Waals surface area contributed by atoms with Crippen LogP contribution in [0.3, 0.4) is 0 Å². The first-order chi connectivity index (χ1) is 8.46. The van der Waals surface area contributed by atoms with E-state index in [1.165, 1.54) is 18.4 Å². The molecule has 2 rings (SSSR count). The van der Waals surface area contributed by atoms with Crippen molar-refractivity contribution >= 4 is 21.8 Å². The number of nitrogens with one attached hydrogen (secondary N) is 2. The molecule has 98 valence electrons. The van der Waals surface area contributed by atoms with E-state index < -0.39 is 27.8 Å². The summed E-state index contributed by atoms with van der Waals surface area (Å²) in [5, 5.41) is 4.49. The van der Waals surface area contributed by atoms with Gasteiger partial charge in [0.1, 0.15) is 0 Å². The van der Waals surface area contributed by atoms with E-state index in [-0.39, 0.29) is 17.3 Å². The van der Waals surface area contributed by atoms with Crippen LogP contribution >= 0.6 is 0 Å². The molecule has 7 nitrogen and oxygen atoms in total. The van der Waals surface area contributed by atoms with Gasteiger partial charge < -0.3 is 9.73 Å². The molecule has 8 heteroatoms. The number of sulfone groups is 1. The zero-order valence-corrected chi connectivity index (χ0v) is 10.2. The molecule has 0 saturated carbocycles. The number of carbonyl (C=O) groups is 2. The summed E-state index contributed by atoms with van der Waals surface area (Å²) in [5.74, 6) is -0.679. The van der Waals surface area contributed by atoms with Crippen LogP contribution in [0.25, 0.3) is 0 Å². The van der Waals surface area contributed by atoms with Gasteiger partial charge in [-0.05, 0) is 18.6 Å². The van der Waals surface area contributed by atoms with Gasteiger partial charge in [-0.1, -0.05) is 0 Å². The summed E-state index contributed by atoms with van der Waals surface area (Å²) in [6.07, 6.45) is 1.68. The molecule has 1 unspecified atom stereocenters. The summed E-state index contributed by atoms with van der Waals surface area (Å²) in [4.78, 5) is 22.9. The predicted molar refractivity (Wildman–Crippen MR) is 61.8 cm³/mol. The minimum atomic E-state index is -3.06. The number of carbonyl (C=O) groups excluding carboxylic acids is 2. The van der Waals surface area contributed by atoms with Gasteiger partial charge in [-0.3, -0.25) is 10.1 Å². The molecule has 18 heavy (non-hydrogen) atoms. The number of furan rings is 1. The number of imide groups is 1. The standard InChI is InChI=1S/C10H12N2O5S/c13-9(8-2-1-4-17-8)12-10(14)11-7-3-5-18(15,16)6-7/h1-2,4,7H,3,5-6H2,(H2,11,12,13,14). The second kappa shape index (κ2) is 4.81. The smallest absolute Gasteiger partial charge is 0.322 e. The number of rotatable bonds is 2. The maximum Gasteiger partial charge on any atom is 0.322 e. The minimum absolute atomic E-state index is 0.0178. The molecular formula is C10H12N2O5S. The van der Waals surface area contributed by atoms with Crippen molar-refractivity contribution in [2.24, 2.45) is 0 Å². The summed E-state index contributed by atoms with van der Waals surface area (Å²) in [5.41, 5.74) is 0. The highest BCUT2D eigenvalue weighted by atomic mass is 32.2. The Balaban J connectivity index is 1.85. The fourth-order valence-electron chi connectivity index (χ4n) is 1.70. The highest BCUT2D eigenvalue weighted by Crippen LogP contribution is 2.10. The van der Waals surface area contributed by atoms with Gasteiger partial charge in [0, 0.05) is 6.04 Å². The van der Waals surface area contributed by atoms with E-state index in [0.29, 0.717) is 6.42 Å². The zero-order chi connectivity index (χ0) is 13.2. The maximum atomic E-state index is 11.4. The number of hydrogen-bond donors (Lipinski definition) is 2. The quantitative estimate of drug-likeness (QED) is 0.782. The van der Waals surface area contributed by atoms with Crippen LogP contribution < -0.4 is 10.6 Å². The Bertz CT molecular complexity index is 549. The normalized spacial score (nSPS) is 21.4. The van der Waals surface area contributed by atoms with E-state index in [1.807, 2.05) is 0 Å². The summed E-state index contributed by atoms with van der Waals surface area (Å²) < 4.78 is 27.2. The fourth-order valence-corrected chi connectivity index (χ4v) is 3.38. The number of hydrogen-bond acceptors (Lipinski definition) is 5. The van der Waals surface area contributed by atoms with Crippen LogP contribution in [0.15, 0.2) is 22.8 Å². The van der Waals surface area contributed by atoms with Gasteiger partial charge in [-0.25, -0.2) is 13.2 Å². The summed E-state index contributed by atoms with van der Waals surface area (Å²) in [6.45, 7) is 0. The second-order valence-corrected chi connectivity index (χ2v) is 6.23. The lowest BCUT2D eigenvalue weighted by molar-refractivity contribution is 0.0936. The molecule has 1 aliphatic rings. The van der Waals surface area contributed by atoms with Crippen molar-refractivity contribution < 1.29 is 22.4 Å². The Morgan fingerprint density at radius 2 is 2.17 bits per heavy atom. The molecule has 1 aromatic heterocycles. The Hall–Kier alpha value is -1.83. The average molecular weight is 272 g/mol. The lowest BCUT2D eigenvalue weighted by Crippen LogP contribution is -2.44. The van der Waals surface area contributed by atoms with E-state index in [2.05, 4.69) is 10.6 Å². The molecule has 1 fully saturated rings. The number of amides is 3. The van der Waals surface area contributed by atoms with Crippen LogP contribution in [0.5, 0.6) is 0 Å². The van der Waals surface area contributed by atoms with Gasteiger partial charge in [0.05, 0.1) is 17.8 Å². The number of urea groups is 1. The Labute approximate surface area is 103 Å². The molecule has 0 aliphatic carbocycles. The van der Waals surface area contributed by atoms with Crippen molar-refractivity contribution in [1.82, 2.24) is 10.6 Å². The first-order valence-electron chi connectivity index (χ1n) is 5.32. The second-order valence-electron chi connectivity index (χ2n) is 4.00. The molecule has 1 aliphatic heterocycles. The molecule has 0 spiro atoms. The van der Waals surface area contributed by atoms with Gasteiger partial charge in [0.25, 0.3) is 5.91 Å². The monoisotopic (exact) mass is 272 g/mol. The van der Waals surface area contributed by atoms with Gasteiger partial charge in [-0.15, -0.1) is 0 Å². The first kappa shape index (κ1) is 12.6. The predicted octanol–water partition coefficient (Wildman–Crippen LogP) is -0.0939. The van der Waals surface area contributed by atoms with E-state index >= 15 is 0 Å². The highest BCUT2D eigenvalue weighted by molar-refractivity contribution is 7.91. The molecule has 2 heterocycles. The van der Waals surface area contributed by atoms with Crippen molar-refractivity contribution in [1.29, 1.82) is 0 Å². The lowest BCUT2D eigenvalue weighted by atomic mass is 10.3. The van der Waals surface area contributed by atoms with Crippen molar-refractivity contribution in [3.63, 3.8) is 0 Å². The van der Waals surface area contributed by atoms with E-state index in [9.17, 15) is 18.0 Å². The largest absolute Gasteiger partial charge is 0.459 e. The molecule has 1 aromatic rings. The average Bonchev–Trinajstić information content (AvgIpc) is 2.87. The van der Waals surface area contributed by atoms with Crippen molar-refractivity contribution in [2.45, 2.75) is 12.5 Å². The SMILES string of the molecule is O=C(NC(=O)c1ccco1)NC1CCS(=O)(=O)C1. The third kappa shape index (κ3) is 3.10. The Morgan fingerprint density at radius 3 is 2.72 bits per heavy atom. The Morgan fingerprint density at radius 1 is 1.39 bits per heavy atom. The minimum Gasteiger partial charge on any atom is -0.459 e. The van der Waals surface area contributed by atoms with Crippen LogP contribution in [-0.4, -0.2) is 37.9 Å². The third-order valence-electron chi connectivity index (χ3n) is 2.54. The van der Waals surface area contributed by atoms with Gasteiger partial charge in [0.2, 0.25) is 0 Å². The van der Waals surface area contributed by atoms with Crippen LogP contribution in [0.1, 0.15) is 17.0 Å². The van der Waals surface area contributed by atoms with Crippen LogP contribution in [0.2, 0.25) is 0 Å². The molecule has 0 bridgehead atoms. The van der Waals surface area contributed by atoms with E-state index in [4.69, 9.17) is 4.42 Å². The molecule has 3 amide bonds. The van der Waals surface area contributed by atoms with Gasteiger partial charge in [-0.2, -0.15) is 0 Å². The van der Waals surface area contributed by atoms with Crippen LogP contribution in [0, 0.1) is 0 Å². The zero-order valence-electron chi connectivity index (χ0n) is 9.38. The lowest BCUT2D eigenvalue weighted by Gasteiger charge is -2.10.